The minimum absolute atomic E-state index is 0.216. The summed E-state index contributed by atoms with van der Waals surface area (Å²) in [6.07, 6.45) is 0.694. The summed E-state index contributed by atoms with van der Waals surface area (Å²) in [5.74, 6) is 0.187. The van der Waals surface area contributed by atoms with Crippen LogP contribution in [0.3, 0.4) is 0 Å². The summed E-state index contributed by atoms with van der Waals surface area (Å²) >= 11 is 5.94. The van der Waals surface area contributed by atoms with Gasteiger partial charge in [0.25, 0.3) is 0 Å². The van der Waals surface area contributed by atoms with Gasteiger partial charge >= 0.3 is 5.97 Å². The highest BCUT2D eigenvalue weighted by Crippen LogP contribution is 2.30. The van der Waals surface area contributed by atoms with E-state index in [1.54, 1.807) is 24.3 Å². The van der Waals surface area contributed by atoms with E-state index in [-0.39, 0.29) is 6.61 Å². The van der Waals surface area contributed by atoms with Gasteiger partial charge in [-0.3, -0.25) is 0 Å². The molecule has 25 heavy (non-hydrogen) atoms. The van der Waals surface area contributed by atoms with E-state index in [2.05, 4.69) is 5.16 Å². The van der Waals surface area contributed by atoms with Gasteiger partial charge in [-0.1, -0.05) is 53.2 Å². The van der Waals surface area contributed by atoms with Gasteiger partial charge in [-0.05, 0) is 23.8 Å². The third kappa shape index (κ3) is 4.12. The van der Waals surface area contributed by atoms with Crippen molar-refractivity contribution in [3.8, 4) is 5.75 Å². The smallest absolute Gasteiger partial charge is 0.353 e. The number of benzene rings is 2. The van der Waals surface area contributed by atoms with Crippen LogP contribution in [0, 0.1) is 0 Å². The molecule has 0 N–H and O–H groups in total. The molecule has 1 aliphatic heterocycles. The van der Waals surface area contributed by atoms with Crippen LogP contribution >= 0.6 is 11.6 Å². The van der Waals surface area contributed by atoms with Crippen LogP contribution in [0.15, 0.2) is 59.8 Å². The number of hydrogen-bond donors (Lipinski definition) is 0. The number of carbonyl (C=O) groups is 1. The van der Waals surface area contributed by atoms with Gasteiger partial charge in [0.2, 0.25) is 5.60 Å². The largest absolute Gasteiger partial charge is 0.487 e. The van der Waals surface area contributed by atoms with Gasteiger partial charge in [-0.2, -0.15) is 0 Å². The molecule has 0 bridgehead atoms. The second kappa shape index (κ2) is 7.57. The molecule has 1 heterocycles. The fourth-order valence-corrected chi connectivity index (χ4v) is 2.92. The maximum absolute atomic E-state index is 12.3. The minimum atomic E-state index is -1.15. The molecule has 0 amide bonds. The summed E-state index contributed by atoms with van der Waals surface area (Å²) in [4.78, 5) is 17.9. The summed E-state index contributed by atoms with van der Waals surface area (Å²) in [5.41, 5.74) is 0.463. The number of ether oxygens (including phenoxy) is 2. The molecule has 0 saturated carbocycles. The fourth-order valence-electron chi connectivity index (χ4n) is 2.73. The maximum atomic E-state index is 12.3. The lowest BCUT2D eigenvalue weighted by molar-refractivity contribution is -0.166. The topological polar surface area (TPSA) is 57.1 Å². The molecule has 1 unspecified atom stereocenters. The van der Waals surface area contributed by atoms with Gasteiger partial charge in [0.05, 0.1) is 12.8 Å². The Morgan fingerprint density at radius 2 is 2.04 bits per heavy atom. The summed E-state index contributed by atoms with van der Waals surface area (Å²) in [6, 6.07) is 16.7. The predicted octanol–water partition coefficient (Wildman–Crippen LogP) is 3.65. The Morgan fingerprint density at radius 1 is 1.24 bits per heavy atom. The van der Waals surface area contributed by atoms with Gasteiger partial charge in [0, 0.05) is 17.9 Å². The molecule has 0 saturated heterocycles. The Balaban J connectivity index is 1.68. The molecule has 2 aromatic rings. The van der Waals surface area contributed by atoms with E-state index in [9.17, 15) is 4.79 Å². The van der Waals surface area contributed by atoms with Crippen LogP contribution in [-0.2, 0) is 20.8 Å². The van der Waals surface area contributed by atoms with E-state index in [0.717, 1.165) is 5.56 Å². The van der Waals surface area contributed by atoms with Crippen molar-refractivity contribution < 1.29 is 19.1 Å². The second-order valence-electron chi connectivity index (χ2n) is 5.82. The van der Waals surface area contributed by atoms with Crippen LogP contribution in [0.4, 0.5) is 0 Å². The lowest BCUT2D eigenvalue weighted by Crippen LogP contribution is -2.42. The standard InChI is InChI=1S/C19H18ClNO4/c1-23-18(22)19(11-14-6-3-2-4-7-14)12-16(21-25-19)13-24-17-9-5-8-15(20)10-17/h2-10H,11-13H2,1H3. The van der Waals surface area contributed by atoms with Crippen LogP contribution in [0.5, 0.6) is 5.75 Å². The second-order valence-corrected chi connectivity index (χ2v) is 6.26. The average molecular weight is 360 g/mol. The van der Waals surface area contributed by atoms with E-state index in [1.165, 1.54) is 7.11 Å². The highest BCUT2D eigenvalue weighted by molar-refractivity contribution is 6.30. The first-order valence-electron chi connectivity index (χ1n) is 7.86. The average Bonchev–Trinajstić information content (AvgIpc) is 3.04. The molecule has 0 aliphatic carbocycles. The zero-order valence-electron chi connectivity index (χ0n) is 13.8. The summed E-state index contributed by atoms with van der Waals surface area (Å²) in [6.45, 7) is 0.216. The maximum Gasteiger partial charge on any atom is 0.353 e. The third-order valence-electron chi connectivity index (χ3n) is 3.93. The highest BCUT2D eigenvalue weighted by atomic mass is 35.5. The van der Waals surface area contributed by atoms with Crippen molar-refractivity contribution in [3.05, 3.63) is 65.2 Å². The van der Waals surface area contributed by atoms with Crippen LogP contribution < -0.4 is 4.74 Å². The van der Waals surface area contributed by atoms with Gasteiger partial charge in [-0.25, -0.2) is 4.79 Å². The number of carbonyl (C=O) groups excluding carboxylic acids is 1. The van der Waals surface area contributed by atoms with Crippen molar-refractivity contribution in [1.82, 2.24) is 0 Å². The number of halogens is 1. The number of hydrogen-bond acceptors (Lipinski definition) is 5. The first-order chi connectivity index (χ1) is 12.1. The van der Waals surface area contributed by atoms with Gasteiger partial charge in [0.15, 0.2) is 0 Å². The highest BCUT2D eigenvalue weighted by Gasteiger charge is 2.48. The van der Waals surface area contributed by atoms with Crippen LogP contribution in [0.25, 0.3) is 0 Å². The molecular formula is C19H18ClNO4. The molecule has 130 valence electrons. The monoisotopic (exact) mass is 359 g/mol. The molecule has 1 aliphatic rings. The first-order valence-corrected chi connectivity index (χ1v) is 8.24. The Morgan fingerprint density at radius 3 is 2.76 bits per heavy atom. The Kier molecular flexibility index (Phi) is 5.24. The molecule has 0 aromatic heterocycles. The molecule has 1 atom stereocenters. The molecule has 0 fully saturated rings. The number of methoxy groups -OCH3 is 1. The molecule has 2 aromatic carbocycles. The lowest BCUT2D eigenvalue weighted by atomic mass is 9.90. The van der Waals surface area contributed by atoms with Crippen molar-refractivity contribution in [2.45, 2.75) is 18.4 Å². The third-order valence-corrected chi connectivity index (χ3v) is 4.17. The predicted molar refractivity (Wildman–Crippen MR) is 95.0 cm³/mol. The molecule has 0 spiro atoms. The molecule has 5 nitrogen and oxygen atoms in total. The number of nitrogens with zero attached hydrogens (tertiary/aromatic N) is 1. The van der Waals surface area contributed by atoms with E-state index < -0.39 is 11.6 Å². The fraction of sp³-hybridized carbons (Fsp3) is 0.263. The SMILES string of the molecule is COC(=O)C1(Cc2ccccc2)CC(COc2cccc(Cl)c2)=NO1. The van der Waals surface area contributed by atoms with Gasteiger partial charge in [-0.15, -0.1) is 0 Å². The van der Waals surface area contributed by atoms with Crippen molar-refractivity contribution >= 4 is 23.3 Å². The summed E-state index contributed by atoms with van der Waals surface area (Å²) < 4.78 is 10.6. The Labute approximate surface area is 151 Å². The number of oxime groups is 1. The van der Waals surface area contributed by atoms with Crippen molar-refractivity contribution in [1.29, 1.82) is 0 Å². The number of rotatable bonds is 6. The molecular weight excluding hydrogens is 342 g/mol. The Hall–Kier alpha value is -2.53. The van der Waals surface area contributed by atoms with Crippen LogP contribution in [-0.4, -0.2) is 31.0 Å². The van der Waals surface area contributed by atoms with E-state index in [4.69, 9.17) is 25.9 Å². The van der Waals surface area contributed by atoms with Crippen molar-refractivity contribution in [2.75, 3.05) is 13.7 Å². The summed E-state index contributed by atoms with van der Waals surface area (Å²) in [5, 5.41) is 4.64. The lowest BCUT2D eigenvalue weighted by Gasteiger charge is -2.23. The van der Waals surface area contributed by atoms with E-state index >= 15 is 0 Å². The molecule has 0 radical (unpaired) electrons. The van der Waals surface area contributed by atoms with Crippen LogP contribution in [0.1, 0.15) is 12.0 Å². The normalized spacial score (nSPS) is 19.0. The quantitative estimate of drug-likeness (QED) is 0.739. The number of esters is 1. The molecule has 6 heteroatoms. The van der Waals surface area contributed by atoms with Gasteiger partial charge < -0.3 is 14.3 Å². The van der Waals surface area contributed by atoms with Crippen molar-refractivity contribution in [2.24, 2.45) is 5.16 Å². The van der Waals surface area contributed by atoms with Gasteiger partial charge in [0.1, 0.15) is 12.4 Å². The van der Waals surface area contributed by atoms with Crippen molar-refractivity contribution in [3.63, 3.8) is 0 Å². The van der Waals surface area contributed by atoms with E-state index in [1.807, 2.05) is 30.3 Å². The van der Waals surface area contributed by atoms with Crippen LogP contribution in [0.2, 0.25) is 5.02 Å². The zero-order valence-corrected chi connectivity index (χ0v) is 14.5. The van der Waals surface area contributed by atoms with E-state index in [0.29, 0.717) is 29.3 Å². The summed E-state index contributed by atoms with van der Waals surface area (Å²) in [7, 11) is 1.35. The minimum Gasteiger partial charge on any atom is -0.487 e. The Bertz CT molecular complexity index is 778. The molecule has 3 rings (SSSR count). The zero-order chi connectivity index (χ0) is 17.7. The first kappa shape index (κ1) is 17.3.